The molecule has 1 amide bonds. The van der Waals surface area contributed by atoms with E-state index in [4.69, 9.17) is 5.73 Å². The van der Waals surface area contributed by atoms with E-state index in [0.29, 0.717) is 32.4 Å². The number of amides is 1. The van der Waals surface area contributed by atoms with Gasteiger partial charge in [-0.15, -0.1) is 0 Å². The molecular weight excluding hydrogens is 259 g/mol. The summed E-state index contributed by atoms with van der Waals surface area (Å²) in [6.07, 6.45) is -2.60. The molecule has 0 bridgehead atoms. The maximum Gasteiger partial charge on any atom is 0.404 e. The van der Waals surface area contributed by atoms with Crippen LogP contribution in [-0.2, 0) is 4.79 Å². The Morgan fingerprint density at radius 1 is 1.42 bits per heavy atom. The summed E-state index contributed by atoms with van der Waals surface area (Å²) in [6, 6.07) is -1.40. The summed E-state index contributed by atoms with van der Waals surface area (Å²) in [5.41, 5.74) is 5.30. The van der Waals surface area contributed by atoms with E-state index in [9.17, 15) is 18.0 Å². The largest absolute Gasteiger partial charge is 0.404 e. The lowest BCUT2D eigenvalue weighted by Gasteiger charge is -2.44. The molecule has 0 aromatic heterocycles. The minimum Gasteiger partial charge on any atom is -0.353 e. The van der Waals surface area contributed by atoms with Gasteiger partial charge >= 0.3 is 6.18 Å². The van der Waals surface area contributed by atoms with Crippen molar-refractivity contribution in [3.63, 3.8) is 0 Å². The van der Waals surface area contributed by atoms with Crippen molar-refractivity contribution < 1.29 is 18.0 Å². The number of fused-ring (bicyclic) bond motifs is 1. The van der Waals surface area contributed by atoms with E-state index in [1.165, 1.54) is 4.90 Å². The molecule has 0 radical (unpaired) electrons. The lowest BCUT2D eigenvalue weighted by Crippen LogP contribution is -2.58. The van der Waals surface area contributed by atoms with Gasteiger partial charge in [0, 0.05) is 25.6 Å². The molecule has 3 unspecified atom stereocenters. The topological polar surface area (TPSA) is 58.4 Å². The van der Waals surface area contributed by atoms with Crippen molar-refractivity contribution >= 4 is 5.91 Å². The summed E-state index contributed by atoms with van der Waals surface area (Å²) in [5, 5.41) is 2.88. The molecule has 7 heteroatoms. The van der Waals surface area contributed by atoms with E-state index in [2.05, 4.69) is 5.32 Å². The number of carbonyl (C=O) groups is 1. The van der Waals surface area contributed by atoms with Crippen LogP contribution in [-0.4, -0.2) is 48.7 Å². The van der Waals surface area contributed by atoms with Crippen molar-refractivity contribution in [1.29, 1.82) is 0 Å². The first-order chi connectivity index (χ1) is 8.91. The van der Waals surface area contributed by atoms with Gasteiger partial charge in [0.2, 0.25) is 5.91 Å². The molecule has 2 saturated heterocycles. The van der Waals surface area contributed by atoms with Gasteiger partial charge in [0.1, 0.15) is 6.04 Å². The highest BCUT2D eigenvalue weighted by Crippen LogP contribution is 2.32. The Hall–Kier alpha value is -0.820. The van der Waals surface area contributed by atoms with Crippen LogP contribution in [0.15, 0.2) is 0 Å². The maximum atomic E-state index is 13.0. The predicted octanol–water partition coefficient (Wildman–Crippen LogP) is 0.867. The monoisotopic (exact) mass is 279 g/mol. The van der Waals surface area contributed by atoms with Crippen LogP contribution in [0.2, 0.25) is 0 Å². The smallest absolute Gasteiger partial charge is 0.353 e. The predicted molar refractivity (Wildman–Crippen MR) is 64.4 cm³/mol. The minimum atomic E-state index is -4.23. The number of carbonyl (C=O) groups excluding carboxylic acids is 1. The summed E-state index contributed by atoms with van der Waals surface area (Å²) in [5.74, 6) is 0.151. The standard InChI is InChI=1S/C12H20F3N3O/c13-12(14,15)10(3-5-16)18-6-4-9-8(7-18)1-2-11(19)17-9/h8-10H,1-7,16H2,(H,17,19). The highest BCUT2D eigenvalue weighted by molar-refractivity contribution is 5.77. The van der Waals surface area contributed by atoms with Gasteiger partial charge in [-0.05, 0) is 31.7 Å². The van der Waals surface area contributed by atoms with Crippen molar-refractivity contribution in [3.05, 3.63) is 0 Å². The van der Waals surface area contributed by atoms with Gasteiger partial charge in [-0.3, -0.25) is 9.69 Å². The average molecular weight is 279 g/mol. The number of piperidine rings is 2. The third-order valence-corrected chi connectivity index (χ3v) is 4.11. The van der Waals surface area contributed by atoms with Crippen LogP contribution in [0.25, 0.3) is 0 Å². The normalized spacial score (nSPS) is 30.6. The Morgan fingerprint density at radius 2 is 2.16 bits per heavy atom. The Kier molecular flexibility index (Phi) is 4.35. The first-order valence-corrected chi connectivity index (χ1v) is 6.72. The zero-order chi connectivity index (χ0) is 14.0. The molecule has 2 aliphatic rings. The molecule has 110 valence electrons. The second kappa shape index (κ2) is 5.66. The summed E-state index contributed by atoms with van der Waals surface area (Å²) < 4.78 is 39.0. The minimum absolute atomic E-state index is 0.0176. The van der Waals surface area contributed by atoms with Crippen LogP contribution >= 0.6 is 0 Å². The zero-order valence-electron chi connectivity index (χ0n) is 10.7. The van der Waals surface area contributed by atoms with E-state index >= 15 is 0 Å². The number of hydrogen-bond acceptors (Lipinski definition) is 3. The van der Waals surface area contributed by atoms with Crippen LogP contribution in [0, 0.1) is 5.92 Å². The Morgan fingerprint density at radius 3 is 2.79 bits per heavy atom. The van der Waals surface area contributed by atoms with Gasteiger partial charge in [-0.25, -0.2) is 0 Å². The third kappa shape index (κ3) is 3.39. The number of nitrogens with zero attached hydrogens (tertiary/aromatic N) is 1. The number of nitrogens with one attached hydrogen (secondary N) is 1. The molecule has 0 saturated carbocycles. The SMILES string of the molecule is NCCC(N1CCC2NC(=O)CCC2C1)C(F)(F)F. The number of rotatable bonds is 3. The highest BCUT2D eigenvalue weighted by Gasteiger charge is 2.46. The van der Waals surface area contributed by atoms with Gasteiger partial charge in [0.25, 0.3) is 0 Å². The number of alkyl halides is 3. The average Bonchev–Trinajstić information content (AvgIpc) is 2.34. The van der Waals surface area contributed by atoms with Crippen molar-refractivity contribution in [2.45, 2.75) is 43.9 Å². The molecule has 2 rings (SSSR count). The Bertz CT molecular complexity index is 335. The first-order valence-electron chi connectivity index (χ1n) is 6.72. The molecule has 3 atom stereocenters. The fraction of sp³-hybridized carbons (Fsp3) is 0.917. The van der Waals surface area contributed by atoms with Gasteiger partial charge in [-0.2, -0.15) is 13.2 Å². The summed E-state index contributed by atoms with van der Waals surface area (Å²) in [7, 11) is 0. The Balaban J connectivity index is 2.00. The van der Waals surface area contributed by atoms with E-state index in [-0.39, 0.29) is 30.8 Å². The number of likely N-dealkylation sites (tertiary alicyclic amines) is 1. The van der Waals surface area contributed by atoms with Gasteiger partial charge in [-0.1, -0.05) is 0 Å². The Labute approximate surface area is 110 Å². The lowest BCUT2D eigenvalue weighted by atomic mass is 9.84. The van der Waals surface area contributed by atoms with Gasteiger partial charge < -0.3 is 11.1 Å². The lowest BCUT2D eigenvalue weighted by molar-refractivity contribution is -0.190. The molecule has 0 aromatic rings. The second-order valence-electron chi connectivity index (χ2n) is 5.39. The fourth-order valence-corrected chi connectivity index (χ4v) is 3.13. The quantitative estimate of drug-likeness (QED) is 0.806. The van der Waals surface area contributed by atoms with Crippen molar-refractivity contribution in [2.24, 2.45) is 11.7 Å². The highest BCUT2D eigenvalue weighted by atomic mass is 19.4. The number of nitrogens with two attached hydrogens (primary N) is 1. The molecule has 2 fully saturated rings. The van der Waals surface area contributed by atoms with Crippen LogP contribution in [0.1, 0.15) is 25.7 Å². The molecule has 4 nitrogen and oxygen atoms in total. The molecular formula is C12H20F3N3O. The third-order valence-electron chi connectivity index (χ3n) is 4.11. The van der Waals surface area contributed by atoms with Crippen molar-refractivity contribution in [2.75, 3.05) is 19.6 Å². The van der Waals surface area contributed by atoms with E-state index in [1.54, 1.807) is 0 Å². The van der Waals surface area contributed by atoms with Crippen molar-refractivity contribution in [3.8, 4) is 0 Å². The molecule has 3 N–H and O–H groups in total. The van der Waals surface area contributed by atoms with Crippen molar-refractivity contribution in [1.82, 2.24) is 10.2 Å². The van der Waals surface area contributed by atoms with Crippen LogP contribution in [0.4, 0.5) is 13.2 Å². The molecule has 19 heavy (non-hydrogen) atoms. The van der Waals surface area contributed by atoms with E-state index < -0.39 is 12.2 Å². The van der Waals surface area contributed by atoms with E-state index in [1.807, 2.05) is 0 Å². The number of hydrogen-bond donors (Lipinski definition) is 2. The number of halogens is 3. The second-order valence-corrected chi connectivity index (χ2v) is 5.39. The maximum absolute atomic E-state index is 13.0. The van der Waals surface area contributed by atoms with Crippen LogP contribution < -0.4 is 11.1 Å². The van der Waals surface area contributed by atoms with Gasteiger partial charge in [0.05, 0.1) is 0 Å². The van der Waals surface area contributed by atoms with Gasteiger partial charge in [0.15, 0.2) is 0 Å². The fourth-order valence-electron chi connectivity index (χ4n) is 3.13. The zero-order valence-corrected chi connectivity index (χ0v) is 10.7. The molecule has 0 aliphatic carbocycles. The van der Waals surface area contributed by atoms with Crippen LogP contribution in [0.5, 0.6) is 0 Å². The molecule has 0 spiro atoms. The van der Waals surface area contributed by atoms with Crippen LogP contribution in [0.3, 0.4) is 0 Å². The molecule has 0 aromatic carbocycles. The molecule has 2 aliphatic heterocycles. The van der Waals surface area contributed by atoms with E-state index in [0.717, 1.165) is 0 Å². The molecule has 2 heterocycles. The summed E-state index contributed by atoms with van der Waals surface area (Å²) in [6.45, 7) is 0.798. The summed E-state index contributed by atoms with van der Waals surface area (Å²) in [4.78, 5) is 12.8. The first kappa shape index (κ1) is 14.6. The summed E-state index contributed by atoms with van der Waals surface area (Å²) >= 11 is 0.